The Kier molecular flexibility index (Phi) is 2.33. The molecule has 17 heavy (non-hydrogen) atoms. The van der Waals surface area contributed by atoms with Crippen molar-refractivity contribution in [3.05, 3.63) is 40.4 Å². The summed E-state index contributed by atoms with van der Waals surface area (Å²) in [6.45, 7) is 0. The van der Waals surface area contributed by atoms with E-state index < -0.39 is 0 Å². The van der Waals surface area contributed by atoms with Crippen molar-refractivity contribution in [3.8, 4) is 5.75 Å². The van der Waals surface area contributed by atoms with Gasteiger partial charge >= 0.3 is 0 Å². The minimum absolute atomic E-state index is 0.0168. The number of rotatable bonds is 2. The first-order valence-corrected chi connectivity index (χ1v) is 6.13. The predicted molar refractivity (Wildman–Crippen MR) is 65.6 cm³/mol. The molecule has 0 fully saturated rings. The molecule has 1 aromatic heterocycles. The van der Waals surface area contributed by atoms with Crippen LogP contribution in [0.4, 0.5) is 5.13 Å². The third-order valence-corrected chi connectivity index (χ3v) is 3.81. The number of phenolic OH excluding ortho intramolecular Hbond substituents is 1. The van der Waals surface area contributed by atoms with Gasteiger partial charge in [-0.2, -0.15) is 0 Å². The van der Waals surface area contributed by atoms with Crippen molar-refractivity contribution in [2.75, 3.05) is 5.32 Å². The first-order chi connectivity index (χ1) is 8.24. The number of aryl methyl sites for hydroxylation is 2. The van der Waals surface area contributed by atoms with Gasteiger partial charge in [0.15, 0.2) is 5.13 Å². The monoisotopic (exact) mass is 246 g/mol. The van der Waals surface area contributed by atoms with E-state index in [0.717, 1.165) is 18.5 Å². The molecular formula is C12H10N2O2S. The first-order valence-electron chi connectivity index (χ1n) is 5.32. The molecule has 4 nitrogen and oxygen atoms in total. The summed E-state index contributed by atoms with van der Waals surface area (Å²) in [7, 11) is 0. The van der Waals surface area contributed by atoms with Gasteiger partial charge in [-0.05, 0) is 25.0 Å². The van der Waals surface area contributed by atoms with Gasteiger partial charge in [0, 0.05) is 4.88 Å². The molecule has 3 rings (SSSR count). The molecule has 1 aliphatic carbocycles. The van der Waals surface area contributed by atoms with E-state index >= 15 is 0 Å². The summed E-state index contributed by atoms with van der Waals surface area (Å²) in [6.07, 6.45) is 2.05. The molecule has 0 aliphatic heterocycles. The van der Waals surface area contributed by atoms with E-state index in [4.69, 9.17) is 0 Å². The maximum Gasteiger partial charge on any atom is 0.261 e. The number of benzene rings is 1. The Hall–Kier alpha value is -1.88. The Morgan fingerprint density at radius 3 is 2.76 bits per heavy atom. The van der Waals surface area contributed by atoms with Crippen molar-refractivity contribution in [1.29, 1.82) is 0 Å². The fourth-order valence-electron chi connectivity index (χ4n) is 1.71. The lowest BCUT2D eigenvalue weighted by atomic mass is 10.0. The summed E-state index contributed by atoms with van der Waals surface area (Å²) in [5, 5.41) is 12.9. The molecule has 0 bridgehead atoms. The zero-order chi connectivity index (χ0) is 11.8. The van der Waals surface area contributed by atoms with Crippen molar-refractivity contribution >= 4 is 22.4 Å². The Labute approximate surface area is 102 Å². The van der Waals surface area contributed by atoms with Gasteiger partial charge in [-0.25, -0.2) is 4.98 Å². The number of aromatic hydroxyl groups is 1. The predicted octanol–water partition coefficient (Wildman–Crippen LogP) is 2.20. The molecule has 1 amide bonds. The van der Waals surface area contributed by atoms with E-state index in [2.05, 4.69) is 10.3 Å². The Morgan fingerprint density at radius 2 is 2.18 bits per heavy atom. The van der Waals surface area contributed by atoms with Crippen LogP contribution in [-0.2, 0) is 12.8 Å². The Morgan fingerprint density at radius 1 is 1.35 bits per heavy atom. The second-order valence-electron chi connectivity index (χ2n) is 3.86. The van der Waals surface area contributed by atoms with Crippen LogP contribution in [0.15, 0.2) is 24.3 Å². The second kappa shape index (κ2) is 3.85. The molecule has 0 atom stereocenters. The largest absolute Gasteiger partial charge is 0.507 e. The quantitative estimate of drug-likeness (QED) is 0.854. The summed E-state index contributed by atoms with van der Waals surface area (Å²) in [6, 6.07) is 6.47. The molecule has 1 aromatic carbocycles. The minimum atomic E-state index is -0.322. The number of nitrogens with zero attached hydrogens (tertiary/aromatic N) is 1. The van der Waals surface area contributed by atoms with Gasteiger partial charge in [0.1, 0.15) is 5.75 Å². The molecule has 86 valence electrons. The maximum atomic E-state index is 11.9. The third-order valence-electron chi connectivity index (χ3n) is 2.74. The summed E-state index contributed by atoms with van der Waals surface area (Å²) in [5.74, 6) is -0.339. The van der Waals surface area contributed by atoms with Crippen LogP contribution in [0.5, 0.6) is 5.75 Å². The van der Waals surface area contributed by atoms with Gasteiger partial charge in [0.2, 0.25) is 0 Å². The number of hydrogen-bond acceptors (Lipinski definition) is 4. The standard InChI is InChI=1S/C12H10N2O2S/c15-9-4-2-1-3-7(9)11(16)14-12-13-8-5-6-10(8)17-12/h1-4,15H,5-6H2,(H,13,14,16). The number of para-hydroxylation sites is 1. The number of amides is 1. The average molecular weight is 246 g/mol. The lowest BCUT2D eigenvalue weighted by Gasteiger charge is -2.07. The molecule has 2 N–H and O–H groups in total. The van der Waals surface area contributed by atoms with Crippen LogP contribution >= 0.6 is 11.3 Å². The molecule has 0 saturated heterocycles. The summed E-state index contributed by atoms with van der Waals surface area (Å²) in [5.41, 5.74) is 1.35. The van der Waals surface area contributed by atoms with Gasteiger partial charge in [0.25, 0.3) is 5.91 Å². The summed E-state index contributed by atoms with van der Waals surface area (Å²) in [4.78, 5) is 17.4. The fraction of sp³-hybridized carbons (Fsp3) is 0.167. The Bertz CT molecular complexity index is 570. The van der Waals surface area contributed by atoms with Gasteiger partial charge < -0.3 is 5.11 Å². The van der Waals surface area contributed by atoms with Crippen LogP contribution in [-0.4, -0.2) is 16.0 Å². The number of carbonyl (C=O) groups excluding carboxylic acids is 1. The van der Waals surface area contributed by atoms with Gasteiger partial charge in [0.05, 0.1) is 11.3 Å². The highest BCUT2D eigenvalue weighted by Gasteiger charge is 2.20. The van der Waals surface area contributed by atoms with E-state index in [1.807, 2.05) is 0 Å². The van der Waals surface area contributed by atoms with Gasteiger partial charge in [-0.3, -0.25) is 10.1 Å². The molecule has 0 saturated carbocycles. The van der Waals surface area contributed by atoms with Gasteiger partial charge in [-0.15, -0.1) is 11.3 Å². The van der Waals surface area contributed by atoms with Crippen LogP contribution in [0.3, 0.4) is 0 Å². The molecular weight excluding hydrogens is 236 g/mol. The van der Waals surface area contributed by atoms with E-state index in [0.29, 0.717) is 5.13 Å². The molecule has 5 heteroatoms. The lowest BCUT2D eigenvalue weighted by Crippen LogP contribution is -2.12. The van der Waals surface area contributed by atoms with Crippen molar-refractivity contribution < 1.29 is 9.90 Å². The molecule has 0 unspecified atom stereocenters. The smallest absolute Gasteiger partial charge is 0.261 e. The molecule has 1 heterocycles. The number of carbonyl (C=O) groups is 1. The van der Waals surface area contributed by atoms with Crippen LogP contribution in [0, 0.1) is 0 Å². The van der Waals surface area contributed by atoms with Crippen LogP contribution < -0.4 is 5.32 Å². The van der Waals surface area contributed by atoms with Crippen molar-refractivity contribution in [1.82, 2.24) is 4.98 Å². The first kappa shape index (κ1) is 10.3. The normalized spacial score (nSPS) is 12.7. The topological polar surface area (TPSA) is 62.2 Å². The van der Waals surface area contributed by atoms with Crippen LogP contribution in [0.2, 0.25) is 0 Å². The van der Waals surface area contributed by atoms with Gasteiger partial charge in [-0.1, -0.05) is 12.1 Å². The maximum absolute atomic E-state index is 11.9. The highest BCUT2D eigenvalue weighted by molar-refractivity contribution is 7.16. The fourth-order valence-corrected chi connectivity index (χ4v) is 2.72. The zero-order valence-electron chi connectivity index (χ0n) is 8.93. The van der Waals surface area contributed by atoms with E-state index in [1.54, 1.807) is 18.2 Å². The number of nitrogens with one attached hydrogen (secondary N) is 1. The van der Waals surface area contributed by atoms with E-state index in [1.165, 1.54) is 22.3 Å². The number of thiazole rings is 1. The third kappa shape index (κ3) is 1.78. The Balaban J connectivity index is 1.81. The molecule has 2 aromatic rings. The number of anilines is 1. The van der Waals surface area contributed by atoms with Crippen molar-refractivity contribution in [3.63, 3.8) is 0 Å². The number of phenols is 1. The summed E-state index contributed by atoms with van der Waals surface area (Å²) < 4.78 is 0. The number of aromatic nitrogens is 1. The zero-order valence-corrected chi connectivity index (χ0v) is 9.75. The number of fused-ring (bicyclic) bond motifs is 1. The average Bonchev–Trinajstić information content (AvgIpc) is 2.56. The molecule has 0 spiro atoms. The van der Waals surface area contributed by atoms with E-state index in [9.17, 15) is 9.90 Å². The molecule has 1 aliphatic rings. The second-order valence-corrected chi connectivity index (χ2v) is 4.94. The van der Waals surface area contributed by atoms with Crippen LogP contribution in [0.1, 0.15) is 20.9 Å². The number of hydrogen-bond donors (Lipinski definition) is 2. The summed E-state index contributed by atoms with van der Waals surface area (Å²) >= 11 is 1.51. The van der Waals surface area contributed by atoms with E-state index in [-0.39, 0.29) is 17.2 Å². The highest BCUT2D eigenvalue weighted by atomic mass is 32.1. The van der Waals surface area contributed by atoms with Crippen LogP contribution in [0.25, 0.3) is 0 Å². The minimum Gasteiger partial charge on any atom is -0.507 e. The lowest BCUT2D eigenvalue weighted by molar-refractivity contribution is 0.102. The molecule has 0 radical (unpaired) electrons. The highest BCUT2D eigenvalue weighted by Crippen LogP contribution is 2.32. The SMILES string of the molecule is O=C(Nc1nc2c(s1)CC2)c1ccccc1O. The van der Waals surface area contributed by atoms with Crippen molar-refractivity contribution in [2.24, 2.45) is 0 Å². The van der Waals surface area contributed by atoms with Crippen molar-refractivity contribution in [2.45, 2.75) is 12.8 Å².